The number of carbonyl (C=O) groups is 1. The fourth-order valence-corrected chi connectivity index (χ4v) is 1.67. The highest BCUT2D eigenvalue weighted by molar-refractivity contribution is 9.08. The molecule has 0 aromatic carbocycles. The first kappa shape index (κ1) is 12.5. The third-order valence-electron chi connectivity index (χ3n) is 1.88. The minimum atomic E-state index is -2.96. The molecule has 0 fully saturated rings. The summed E-state index contributed by atoms with van der Waals surface area (Å²) >= 11 is 2.96. The van der Waals surface area contributed by atoms with Gasteiger partial charge in [0.2, 0.25) is 0 Å². The van der Waals surface area contributed by atoms with Crippen LogP contribution in [0.3, 0.4) is 0 Å². The number of alkyl halides is 3. The molecule has 0 bridgehead atoms. The number of aromatic nitrogens is 1. The Hall–Kier alpha value is -1.55. The van der Waals surface area contributed by atoms with Crippen molar-refractivity contribution in [1.29, 1.82) is 5.26 Å². The van der Waals surface area contributed by atoms with E-state index in [2.05, 4.69) is 20.9 Å². The van der Waals surface area contributed by atoms with Gasteiger partial charge in [-0.25, -0.2) is 18.6 Å². The first-order valence-electron chi connectivity index (χ1n) is 4.02. The second-order valence-electron chi connectivity index (χ2n) is 2.77. The molecule has 0 aliphatic rings. The molecule has 0 radical (unpaired) electrons. The lowest BCUT2D eigenvalue weighted by Gasteiger charge is -2.10. The predicted molar refractivity (Wildman–Crippen MR) is 53.5 cm³/mol. The Balaban J connectivity index is 3.61. The fourth-order valence-electron chi connectivity index (χ4n) is 1.22. The first-order valence-corrected chi connectivity index (χ1v) is 5.14. The molecule has 0 aliphatic heterocycles. The summed E-state index contributed by atoms with van der Waals surface area (Å²) in [5.41, 5.74) is -1.83. The van der Waals surface area contributed by atoms with Gasteiger partial charge in [0.1, 0.15) is 11.6 Å². The van der Waals surface area contributed by atoms with Crippen LogP contribution >= 0.6 is 15.9 Å². The van der Waals surface area contributed by atoms with E-state index in [1.165, 1.54) is 6.07 Å². The van der Waals surface area contributed by atoms with E-state index >= 15 is 0 Å². The van der Waals surface area contributed by atoms with E-state index in [-0.39, 0.29) is 10.9 Å². The van der Waals surface area contributed by atoms with Crippen LogP contribution in [0.4, 0.5) is 8.78 Å². The van der Waals surface area contributed by atoms with Crippen molar-refractivity contribution < 1.29 is 18.7 Å². The Morgan fingerprint density at radius 2 is 2.31 bits per heavy atom. The van der Waals surface area contributed by atoms with Crippen molar-refractivity contribution in [1.82, 2.24) is 4.98 Å². The van der Waals surface area contributed by atoms with E-state index < -0.39 is 29.2 Å². The van der Waals surface area contributed by atoms with Crippen molar-refractivity contribution in [3.63, 3.8) is 0 Å². The first-order chi connectivity index (χ1) is 7.52. The van der Waals surface area contributed by atoms with Crippen LogP contribution < -0.4 is 0 Å². The molecule has 0 saturated heterocycles. The van der Waals surface area contributed by atoms with Gasteiger partial charge in [-0.2, -0.15) is 5.26 Å². The van der Waals surface area contributed by atoms with Crippen molar-refractivity contribution in [3.05, 3.63) is 28.6 Å². The van der Waals surface area contributed by atoms with Gasteiger partial charge in [0.15, 0.2) is 5.69 Å². The molecule has 4 nitrogen and oxygen atoms in total. The number of hydrogen-bond acceptors (Lipinski definition) is 3. The Kier molecular flexibility index (Phi) is 3.90. The van der Waals surface area contributed by atoms with Crippen molar-refractivity contribution in [3.8, 4) is 6.07 Å². The van der Waals surface area contributed by atoms with Crippen LogP contribution in [0.25, 0.3) is 0 Å². The summed E-state index contributed by atoms with van der Waals surface area (Å²) in [6.07, 6.45) is -1.89. The van der Waals surface area contributed by atoms with Gasteiger partial charge in [-0.05, 0) is 5.56 Å². The summed E-state index contributed by atoms with van der Waals surface area (Å²) in [5, 5.41) is 17.5. The molecule has 16 heavy (non-hydrogen) atoms. The molecule has 0 saturated carbocycles. The summed E-state index contributed by atoms with van der Waals surface area (Å²) in [7, 11) is 0. The molecule has 1 aromatic rings. The second-order valence-corrected chi connectivity index (χ2v) is 3.33. The van der Waals surface area contributed by atoms with Gasteiger partial charge < -0.3 is 5.11 Å². The van der Waals surface area contributed by atoms with Crippen LogP contribution in [0.5, 0.6) is 0 Å². The van der Waals surface area contributed by atoms with Gasteiger partial charge in [0, 0.05) is 17.1 Å². The van der Waals surface area contributed by atoms with Crippen molar-refractivity contribution in [2.24, 2.45) is 0 Å². The average Bonchev–Trinajstić information content (AvgIpc) is 2.26. The van der Waals surface area contributed by atoms with Gasteiger partial charge in [-0.1, -0.05) is 15.9 Å². The number of aromatic carboxylic acids is 1. The molecular weight excluding hydrogens is 286 g/mol. The number of carboxylic acids is 1. The molecule has 0 spiro atoms. The van der Waals surface area contributed by atoms with E-state index in [4.69, 9.17) is 10.4 Å². The molecule has 1 N–H and O–H groups in total. The number of pyridine rings is 1. The molecule has 84 valence electrons. The number of carboxylic acid groups (broad SMARTS) is 1. The molecule has 0 unspecified atom stereocenters. The van der Waals surface area contributed by atoms with Crippen molar-refractivity contribution in [2.45, 2.75) is 11.8 Å². The lowest BCUT2D eigenvalue weighted by molar-refractivity contribution is 0.0683. The Bertz CT molecular complexity index is 471. The molecule has 0 atom stereocenters. The molecule has 0 aliphatic carbocycles. The van der Waals surface area contributed by atoms with Crippen LogP contribution in [-0.4, -0.2) is 16.1 Å². The minimum absolute atomic E-state index is 0.0473. The zero-order valence-electron chi connectivity index (χ0n) is 7.75. The number of nitrogens with zero attached hydrogens (tertiary/aromatic N) is 2. The zero-order valence-corrected chi connectivity index (χ0v) is 9.33. The van der Waals surface area contributed by atoms with Gasteiger partial charge >= 0.3 is 5.97 Å². The molecular formula is C9H5BrF2N2O2. The van der Waals surface area contributed by atoms with Crippen LogP contribution in [0.15, 0.2) is 6.20 Å². The van der Waals surface area contributed by atoms with E-state index in [1.807, 2.05) is 0 Å². The number of hydrogen-bond donors (Lipinski definition) is 1. The highest BCUT2D eigenvalue weighted by atomic mass is 79.9. The third kappa shape index (κ3) is 2.17. The Labute approximate surface area is 97.7 Å². The molecule has 7 heteroatoms. The number of rotatable bonds is 3. The Morgan fingerprint density at radius 3 is 2.69 bits per heavy atom. The van der Waals surface area contributed by atoms with Crippen LogP contribution in [0, 0.1) is 11.3 Å². The summed E-state index contributed by atoms with van der Waals surface area (Å²) in [5.74, 6) is -1.58. The zero-order chi connectivity index (χ0) is 12.3. The van der Waals surface area contributed by atoms with E-state index in [0.29, 0.717) is 0 Å². The quantitative estimate of drug-likeness (QED) is 0.868. The number of nitriles is 1. The molecule has 0 amide bonds. The maximum Gasteiger partial charge on any atom is 0.339 e. The van der Waals surface area contributed by atoms with E-state index in [0.717, 1.165) is 6.20 Å². The maximum absolute atomic E-state index is 12.7. The molecule has 1 rings (SSSR count). The monoisotopic (exact) mass is 290 g/mol. The lowest BCUT2D eigenvalue weighted by Crippen LogP contribution is -2.10. The minimum Gasteiger partial charge on any atom is -0.478 e. The van der Waals surface area contributed by atoms with E-state index in [9.17, 15) is 13.6 Å². The van der Waals surface area contributed by atoms with Crippen LogP contribution in [0.2, 0.25) is 0 Å². The Morgan fingerprint density at radius 1 is 1.69 bits per heavy atom. The third-order valence-corrected chi connectivity index (χ3v) is 2.49. The topological polar surface area (TPSA) is 74.0 Å². The van der Waals surface area contributed by atoms with Crippen molar-refractivity contribution >= 4 is 21.9 Å². The highest BCUT2D eigenvalue weighted by Crippen LogP contribution is 2.29. The van der Waals surface area contributed by atoms with E-state index in [1.54, 1.807) is 0 Å². The standard InChI is InChI=1S/C9H5BrF2N2O2/c10-1-4-3-14-5(2-13)7(9(15)16)6(4)8(11)12/h3,8H,1H2,(H,15,16). The number of halogens is 3. The van der Waals surface area contributed by atoms with Gasteiger partial charge in [0.25, 0.3) is 6.43 Å². The van der Waals surface area contributed by atoms with Crippen LogP contribution in [-0.2, 0) is 5.33 Å². The molecule has 1 heterocycles. The van der Waals surface area contributed by atoms with Gasteiger partial charge in [-0.3, -0.25) is 0 Å². The summed E-state index contributed by atoms with van der Waals surface area (Å²) in [6.45, 7) is 0. The second kappa shape index (κ2) is 4.99. The molecule has 1 aromatic heterocycles. The highest BCUT2D eigenvalue weighted by Gasteiger charge is 2.25. The van der Waals surface area contributed by atoms with Crippen molar-refractivity contribution in [2.75, 3.05) is 0 Å². The predicted octanol–water partition coefficient (Wildman–Crippen LogP) is 2.48. The summed E-state index contributed by atoms with van der Waals surface area (Å²) in [4.78, 5) is 14.4. The fraction of sp³-hybridized carbons (Fsp3) is 0.222. The lowest BCUT2D eigenvalue weighted by atomic mass is 10.0. The summed E-state index contributed by atoms with van der Waals surface area (Å²) < 4.78 is 25.5. The van der Waals surface area contributed by atoms with Crippen LogP contribution in [0.1, 0.15) is 33.6 Å². The van der Waals surface area contributed by atoms with Gasteiger partial charge in [-0.15, -0.1) is 0 Å². The maximum atomic E-state index is 12.7. The van der Waals surface area contributed by atoms with Gasteiger partial charge in [0.05, 0.1) is 0 Å². The SMILES string of the molecule is N#Cc1ncc(CBr)c(C(F)F)c1C(=O)O. The average molecular weight is 291 g/mol. The smallest absolute Gasteiger partial charge is 0.339 e. The largest absolute Gasteiger partial charge is 0.478 e. The normalized spacial score (nSPS) is 10.2. The summed E-state index contributed by atoms with van der Waals surface area (Å²) in [6, 6.07) is 1.48.